The number of aryl methyl sites for hydroxylation is 1. The van der Waals surface area contributed by atoms with Crippen LogP contribution in [-0.2, 0) is 0 Å². The summed E-state index contributed by atoms with van der Waals surface area (Å²) in [7, 11) is 0. The van der Waals surface area contributed by atoms with Gasteiger partial charge in [-0.2, -0.15) is 0 Å². The van der Waals surface area contributed by atoms with Crippen LogP contribution in [0.15, 0.2) is 12.1 Å². The molecule has 0 spiro atoms. The van der Waals surface area contributed by atoms with Gasteiger partial charge in [0.15, 0.2) is 0 Å². The number of anilines is 2. The molecule has 0 bridgehead atoms. The SMILES string of the molecule is CCCC1CCNc2ccc(C)nc2N1. The Hall–Kier alpha value is -1.25. The fourth-order valence-corrected chi connectivity index (χ4v) is 2.02. The van der Waals surface area contributed by atoms with E-state index in [2.05, 4.69) is 28.6 Å². The van der Waals surface area contributed by atoms with Crippen LogP contribution in [0, 0.1) is 6.92 Å². The first-order valence-electron chi connectivity index (χ1n) is 5.77. The third-order valence-electron chi connectivity index (χ3n) is 2.82. The predicted octanol–water partition coefficient (Wildman–Crippen LogP) is 2.79. The molecule has 1 aliphatic rings. The summed E-state index contributed by atoms with van der Waals surface area (Å²) in [6.07, 6.45) is 3.61. The van der Waals surface area contributed by atoms with Gasteiger partial charge in [-0.1, -0.05) is 13.3 Å². The van der Waals surface area contributed by atoms with Crippen molar-refractivity contribution < 1.29 is 0 Å². The smallest absolute Gasteiger partial charge is 0.149 e. The first-order chi connectivity index (χ1) is 7.29. The van der Waals surface area contributed by atoms with Crippen molar-refractivity contribution in [1.82, 2.24) is 4.98 Å². The van der Waals surface area contributed by atoms with Gasteiger partial charge < -0.3 is 10.6 Å². The Morgan fingerprint density at radius 3 is 3.13 bits per heavy atom. The molecular weight excluding hydrogens is 186 g/mol. The van der Waals surface area contributed by atoms with Gasteiger partial charge in [-0.05, 0) is 31.9 Å². The Morgan fingerprint density at radius 2 is 2.33 bits per heavy atom. The molecule has 15 heavy (non-hydrogen) atoms. The standard InChI is InChI=1S/C12H19N3/c1-3-4-10-7-8-13-11-6-5-9(2)14-12(11)15-10/h5-6,10,13H,3-4,7-8H2,1-2H3,(H,14,15). The molecule has 0 aliphatic carbocycles. The number of hydrogen-bond donors (Lipinski definition) is 2. The predicted molar refractivity (Wildman–Crippen MR) is 64.4 cm³/mol. The third kappa shape index (κ3) is 2.41. The van der Waals surface area contributed by atoms with Crippen molar-refractivity contribution in [2.75, 3.05) is 17.2 Å². The van der Waals surface area contributed by atoms with E-state index in [-0.39, 0.29) is 0 Å². The van der Waals surface area contributed by atoms with E-state index >= 15 is 0 Å². The third-order valence-corrected chi connectivity index (χ3v) is 2.82. The molecule has 0 radical (unpaired) electrons. The van der Waals surface area contributed by atoms with Crippen LogP contribution in [0.3, 0.4) is 0 Å². The molecule has 1 atom stereocenters. The quantitative estimate of drug-likeness (QED) is 0.779. The molecule has 2 heterocycles. The van der Waals surface area contributed by atoms with Crippen molar-refractivity contribution in [3.05, 3.63) is 17.8 Å². The van der Waals surface area contributed by atoms with Gasteiger partial charge in [0, 0.05) is 18.3 Å². The minimum absolute atomic E-state index is 0.568. The maximum atomic E-state index is 4.53. The van der Waals surface area contributed by atoms with Gasteiger partial charge in [-0.25, -0.2) is 4.98 Å². The van der Waals surface area contributed by atoms with E-state index in [4.69, 9.17) is 0 Å². The molecule has 82 valence electrons. The van der Waals surface area contributed by atoms with E-state index in [1.165, 1.54) is 19.3 Å². The summed E-state index contributed by atoms with van der Waals surface area (Å²) in [4.78, 5) is 4.53. The van der Waals surface area contributed by atoms with Crippen LogP contribution >= 0.6 is 0 Å². The van der Waals surface area contributed by atoms with Crippen molar-refractivity contribution in [1.29, 1.82) is 0 Å². The van der Waals surface area contributed by atoms with Crippen molar-refractivity contribution in [3.63, 3.8) is 0 Å². The zero-order valence-corrected chi connectivity index (χ0v) is 9.51. The minimum atomic E-state index is 0.568. The minimum Gasteiger partial charge on any atom is -0.382 e. The summed E-state index contributed by atoms with van der Waals surface area (Å²) in [6.45, 7) is 5.29. The number of nitrogens with one attached hydrogen (secondary N) is 2. The number of aromatic nitrogens is 1. The number of pyridine rings is 1. The molecule has 0 amide bonds. The van der Waals surface area contributed by atoms with E-state index in [9.17, 15) is 0 Å². The lowest BCUT2D eigenvalue weighted by Crippen LogP contribution is -2.19. The molecule has 3 heteroatoms. The Bertz CT molecular complexity index is 336. The van der Waals surface area contributed by atoms with Crippen molar-refractivity contribution >= 4 is 11.5 Å². The molecule has 2 rings (SSSR count). The summed E-state index contributed by atoms with van der Waals surface area (Å²) >= 11 is 0. The van der Waals surface area contributed by atoms with Crippen molar-refractivity contribution in [2.45, 2.75) is 39.2 Å². The summed E-state index contributed by atoms with van der Waals surface area (Å²) < 4.78 is 0. The molecule has 1 unspecified atom stereocenters. The number of rotatable bonds is 2. The molecule has 0 fully saturated rings. The molecule has 0 saturated carbocycles. The van der Waals surface area contributed by atoms with Gasteiger partial charge in [-0.15, -0.1) is 0 Å². The van der Waals surface area contributed by atoms with Gasteiger partial charge in [-0.3, -0.25) is 0 Å². The highest BCUT2D eigenvalue weighted by Gasteiger charge is 2.15. The molecule has 1 aromatic heterocycles. The zero-order valence-electron chi connectivity index (χ0n) is 9.51. The van der Waals surface area contributed by atoms with Gasteiger partial charge in [0.1, 0.15) is 5.82 Å². The number of nitrogens with zero attached hydrogens (tertiary/aromatic N) is 1. The molecular formula is C12H19N3. The fraction of sp³-hybridized carbons (Fsp3) is 0.583. The van der Waals surface area contributed by atoms with Crippen LogP contribution in [0.5, 0.6) is 0 Å². The molecule has 0 saturated heterocycles. The first-order valence-corrected chi connectivity index (χ1v) is 5.77. The average Bonchev–Trinajstić information content (AvgIpc) is 2.39. The molecule has 0 aromatic carbocycles. The van der Waals surface area contributed by atoms with Crippen LogP contribution in [0.2, 0.25) is 0 Å². The Morgan fingerprint density at radius 1 is 1.47 bits per heavy atom. The second kappa shape index (κ2) is 4.51. The molecule has 2 N–H and O–H groups in total. The lowest BCUT2D eigenvalue weighted by atomic mass is 10.1. The second-order valence-corrected chi connectivity index (χ2v) is 4.19. The Labute approximate surface area is 91.3 Å². The number of hydrogen-bond acceptors (Lipinski definition) is 3. The largest absolute Gasteiger partial charge is 0.382 e. The maximum absolute atomic E-state index is 4.53. The van der Waals surface area contributed by atoms with Crippen LogP contribution in [0.25, 0.3) is 0 Å². The lowest BCUT2D eigenvalue weighted by molar-refractivity contribution is 0.614. The monoisotopic (exact) mass is 205 g/mol. The summed E-state index contributed by atoms with van der Waals surface area (Å²) in [5, 5.41) is 6.94. The topological polar surface area (TPSA) is 37.0 Å². The second-order valence-electron chi connectivity index (χ2n) is 4.19. The highest BCUT2D eigenvalue weighted by molar-refractivity contribution is 5.65. The van der Waals surface area contributed by atoms with Gasteiger partial charge in [0.2, 0.25) is 0 Å². The van der Waals surface area contributed by atoms with E-state index in [0.29, 0.717) is 6.04 Å². The average molecular weight is 205 g/mol. The van der Waals surface area contributed by atoms with Gasteiger partial charge >= 0.3 is 0 Å². The summed E-state index contributed by atoms with van der Waals surface area (Å²) in [6, 6.07) is 4.73. The van der Waals surface area contributed by atoms with Crippen molar-refractivity contribution in [2.24, 2.45) is 0 Å². The van der Waals surface area contributed by atoms with Crippen molar-refractivity contribution in [3.8, 4) is 0 Å². The van der Waals surface area contributed by atoms with Crippen LogP contribution in [0.1, 0.15) is 31.9 Å². The molecule has 1 aromatic rings. The van der Waals surface area contributed by atoms with Crippen LogP contribution in [-0.4, -0.2) is 17.6 Å². The Kier molecular flexibility index (Phi) is 3.09. The number of fused-ring (bicyclic) bond motifs is 1. The first kappa shape index (κ1) is 10.3. The lowest BCUT2D eigenvalue weighted by Gasteiger charge is -2.15. The Balaban J connectivity index is 2.19. The van der Waals surface area contributed by atoms with E-state index in [1.54, 1.807) is 0 Å². The van der Waals surface area contributed by atoms with E-state index in [1.807, 2.05) is 13.0 Å². The normalized spacial score (nSPS) is 19.7. The van der Waals surface area contributed by atoms with E-state index < -0.39 is 0 Å². The van der Waals surface area contributed by atoms with Gasteiger partial charge in [0.25, 0.3) is 0 Å². The highest BCUT2D eigenvalue weighted by Crippen LogP contribution is 2.24. The summed E-state index contributed by atoms with van der Waals surface area (Å²) in [5.74, 6) is 1.02. The molecule has 1 aliphatic heterocycles. The highest BCUT2D eigenvalue weighted by atomic mass is 15.1. The van der Waals surface area contributed by atoms with E-state index in [0.717, 1.165) is 23.7 Å². The summed E-state index contributed by atoms with van der Waals surface area (Å²) in [5.41, 5.74) is 2.21. The zero-order chi connectivity index (χ0) is 10.7. The molecule has 3 nitrogen and oxygen atoms in total. The van der Waals surface area contributed by atoms with Gasteiger partial charge in [0.05, 0.1) is 5.69 Å². The maximum Gasteiger partial charge on any atom is 0.149 e. The van der Waals surface area contributed by atoms with Crippen LogP contribution < -0.4 is 10.6 Å². The van der Waals surface area contributed by atoms with Crippen LogP contribution in [0.4, 0.5) is 11.5 Å². The fourth-order valence-electron chi connectivity index (χ4n) is 2.02.